The van der Waals surface area contributed by atoms with Crippen molar-refractivity contribution in [2.75, 3.05) is 5.73 Å². The van der Waals surface area contributed by atoms with Crippen molar-refractivity contribution in [1.82, 2.24) is 4.72 Å². The minimum absolute atomic E-state index is 0.0231. The summed E-state index contributed by atoms with van der Waals surface area (Å²) in [6, 6.07) is 3.74. The number of nitrogen functional groups attached to an aromatic ring is 1. The third-order valence-corrected chi connectivity index (χ3v) is 3.99. The average Bonchev–Trinajstić information content (AvgIpc) is 2.84. The van der Waals surface area contributed by atoms with Crippen LogP contribution in [0.3, 0.4) is 0 Å². The van der Waals surface area contributed by atoms with E-state index in [4.69, 9.17) is 21.8 Å². The topological polar surface area (TPSA) is 85.3 Å². The van der Waals surface area contributed by atoms with Crippen LogP contribution in [0.2, 0.25) is 5.02 Å². The molecule has 19 heavy (non-hydrogen) atoms. The van der Waals surface area contributed by atoms with Crippen LogP contribution < -0.4 is 10.5 Å². The van der Waals surface area contributed by atoms with Gasteiger partial charge in [-0.25, -0.2) is 17.5 Å². The molecule has 8 heteroatoms. The molecule has 0 unspecified atom stereocenters. The van der Waals surface area contributed by atoms with Gasteiger partial charge in [0.25, 0.3) is 0 Å². The summed E-state index contributed by atoms with van der Waals surface area (Å²) in [6.07, 6.45) is 2.78. The number of hydrogen-bond acceptors (Lipinski definition) is 4. The second-order valence-corrected chi connectivity index (χ2v) is 5.94. The van der Waals surface area contributed by atoms with Gasteiger partial charge in [-0.05, 0) is 18.2 Å². The van der Waals surface area contributed by atoms with E-state index in [-0.39, 0.29) is 17.3 Å². The van der Waals surface area contributed by atoms with Crippen LogP contribution in [-0.4, -0.2) is 8.42 Å². The lowest BCUT2D eigenvalue weighted by atomic mass is 10.3. The van der Waals surface area contributed by atoms with Crippen molar-refractivity contribution >= 4 is 27.3 Å². The minimum atomic E-state index is -4.04. The molecule has 0 radical (unpaired) electrons. The molecule has 1 aromatic heterocycles. The van der Waals surface area contributed by atoms with Gasteiger partial charge in [-0.3, -0.25) is 0 Å². The van der Waals surface area contributed by atoms with Crippen molar-refractivity contribution in [3.8, 4) is 0 Å². The van der Waals surface area contributed by atoms with E-state index in [9.17, 15) is 12.8 Å². The van der Waals surface area contributed by atoms with Crippen LogP contribution in [0.4, 0.5) is 10.1 Å². The Labute approximate surface area is 114 Å². The van der Waals surface area contributed by atoms with Crippen molar-refractivity contribution in [2.45, 2.75) is 11.4 Å². The highest BCUT2D eigenvalue weighted by Gasteiger charge is 2.21. The van der Waals surface area contributed by atoms with E-state index in [1.165, 1.54) is 12.5 Å². The van der Waals surface area contributed by atoms with Crippen molar-refractivity contribution in [3.63, 3.8) is 0 Å². The van der Waals surface area contributed by atoms with E-state index in [2.05, 4.69) is 4.72 Å². The Balaban J connectivity index is 2.29. The lowest BCUT2D eigenvalue weighted by Crippen LogP contribution is -2.24. The van der Waals surface area contributed by atoms with E-state index in [1.54, 1.807) is 6.07 Å². The maximum Gasteiger partial charge on any atom is 0.243 e. The molecule has 0 fully saturated rings. The van der Waals surface area contributed by atoms with Crippen LogP contribution in [0.1, 0.15) is 5.56 Å². The molecule has 3 N–H and O–H groups in total. The summed E-state index contributed by atoms with van der Waals surface area (Å²) in [6.45, 7) is -0.0231. The molecule has 102 valence electrons. The van der Waals surface area contributed by atoms with Crippen LogP contribution in [-0.2, 0) is 16.6 Å². The molecule has 0 amide bonds. The Morgan fingerprint density at radius 3 is 2.79 bits per heavy atom. The smallest absolute Gasteiger partial charge is 0.243 e. The molecular formula is C11H10ClFN2O3S. The first-order valence-electron chi connectivity index (χ1n) is 5.15. The summed E-state index contributed by atoms with van der Waals surface area (Å²) in [7, 11) is -4.04. The molecule has 0 saturated carbocycles. The van der Waals surface area contributed by atoms with Gasteiger partial charge in [-0.2, -0.15) is 0 Å². The fraction of sp³-hybridized carbons (Fsp3) is 0.0909. The zero-order chi connectivity index (χ0) is 14.0. The van der Waals surface area contributed by atoms with E-state index < -0.39 is 20.7 Å². The quantitative estimate of drug-likeness (QED) is 0.847. The van der Waals surface area contributed by atoms with Crippen LogP contribution in [0.15, 0.2) is 40.0 Å². The minimum Gasteiger partial charge on any atom is -0.472 e. The average molecular weight is 305 g/mol. The summed E-state index contributed by atoms with van der Waals surface area (Å²) < 4.78 is 44.7. The molecule has 0 saturated heterocycles. The van der Waals surface area contributed by atoms with Crippen LogP contribution in [0.25, 0.3) is 0 Å². The van der Waals surface area contributed by atoms with Crippen molar-refractivity contribution in [1.29, 1.82) is 0 Å². The Morgan fingerprint density at radius 1 is 1.42 bits per heavy atom. The van der Waals surface area contributed by atoms with Gasteiger partial charge in [-0.1, -0.05) is 11.6 Å². The summed E-state index contributed by atoms with van der Waals surface area (Å²) >= 11 is 5.67. The first-order valence-corrected chi connectivity index (χ1v) is 7.01. The Hall–Kier alpha value is -1.57. The number of rotatable bonds is 4. The van der Waals surface area contributed by atoms with E-state index >= 15 is 0 Å². The fourth-order valence-corrected chi connectivity index (χ4v) is 2.87. The molecule has 1 aromatic carbocycles. The van der Waals surface area contributed by atoms with E-state index in [1.807, 2.05) is 0 Å². The number of halogens is 2. The summed E-state index contributed by atoms with van der Waals surface area (Å²) in [5.41, 5.74) is 5.63. The van der Waals surface area contributed by atoms with Gasteiger partial charge in [0.15, 0.2) is 5.82 Å². The van der Waals surface area contributed by atoms with Gasteiger partial charge < -0.3 is 10.2 Å². The lowest BCUT2D eigenvalue weighted by molar-refractivity contribution is 0.554. The molecule has 0 aliphatic rings. The Bertz CT molecular complexity index is 686. The number of nitrogens with two attached hydrogens (primary N) is 1. The zero-order valence-electron chi connectivity index (χ0n) is 9.56. The molecule has 0 aliphatic carbocycles. The third-order valence-electron chi connectivity index (χ3n) is 2.37. The number of furan rings is 1. The highest BCUT2D eigenvalue weighted by Crippen LogP contribution is 2.25. The third kappa shape index (κ3) is 3.06. The standard InChI is InChI=1S/C11H10ClFN2O3S/c12-8-3-9(14)11(13)10(4-8)19(16,17)15-5-7-1-2-18-6-7/h1-4,6,15H,5,14H2. The summed E-state index contributed by atoms with van der Waals surface area (Å²) in [5, 5.41) is 0.0441. The molecule has 0 spiro atoms. The zero-order valence-corrected chi connectivity index (χ0v) is 11.1. The van der Waals surface area contributed by atoms with Gasteiger partial charge in [0.05, 0.1) is 18.2 Å². The van der Waals surface area contributed by atoms with Crippen molar-refractivity contribution in [3.05, 3.63) is 47.1 Å². The second-order valence-electron chi connectivity index (χ2n) is 3.76. The molecule has 1 heterocycles. The fourth-order valence-electron chi connectivity index (χ4n) is 1.43. The molecule has 0 aliphatic heterocycles. The molecule has 5 nitrogen and oxygen atoms in total. The highest BCUT2D eigenvalue weighted by molar-refractivity contribution is 7.89. The summed E-state index contributed by atoms with van der Waals surface area (Å²) in [5.74, 6) is -1.02. The molecule has 2 rings (SSSR count). The van der Waals surface area contributed by atoms with Gasteiger partial charge in [0.1, 0.15) is 4.90 Å². The maximum atomic E-state index is 13.7. The molecule has 0 bridgehead atoms. The van der Waals surface area contributed by atoms with Crippen LogP contribution >= 0.6 is 11.6 Å². The largest absolute Gasteiger partial charge is 0.472 e. The van der Waals surface area contributed by atoms with Crippen LogP contribution in [0.5, 0.6) is 0 Å². The van der Waals surface area contributed by atoms with Crippen molar-refractivity contribution in [2.24, 2.45) is 0 Å². The number of sulfonamides is 1. The number of hydrogen-bond donors (Lipinski definition) is 2. The summed E-state index contributed by atoms with van der Waals surface area (Å²) in [4.78, 5) is -0.582. The normalized spacial score (nSPS) is 11.7. The monoisotopic (exact) mass is 304 g/mol. The van der Waals surface area contributed by atoms with E-state index in [0.29, 0.717) is 5.56 Å². The second kappa shape index (κ2) is 5.20. The molecule has 0 atom stereocenters. The number of anilines is 1. The predicted octanol–water partition coefficient (Wildman–Crippen LogP) is 2.13. The van der Waals surface area contributed by atoms with E-state index in [0.717, 1.165) is 12.1 Å². The predicted molar refractivity (Wildman–Crippen MR) is 68.6 cm³/mol. The first kappa shape index (κ1) is 13.9. The highest BCUT2D eigenvalue weighted by atomic mass is 35.5. The van der Waals surface area contributed by atoms with Crippen LogP contribution in [0, 0.1) is 5.82 Å². The van der Waals surface area contributed by atoms with Crippen molar-refractivity contribution < 1.29 is 17.2 Å². The lowest BCUT2D eigenvalue weighted by Gasteiger charge is -2.08. The Kier molecular flexibility index (Phi) is 3.79. The Morgan fingerprint density at radius 2 is 2.16 bits per heavy atom. The van der Waals surface area contributed by atoms with Gasteiger partial charge >= 0.3 is 0 Å². The molecular weight excluding hydrogens is 295 g/mol. The number of benzene rings is 1. The SMILES string of the molecule is Nc1cc(Cl)cc(S(=O)(=O)NCc2ccoc2)c1F. The van der Waals surface area contributed by atoms with Gasteiger partial charge in [0.2, 0.25) is 10.0 Å². The molecule has 2 aromatic rings. The maximum absolute atomic E-state index is 13.7. The van der Waals surface area contributed by atoms with Gasteiger partial charge in [-0.15, -0.1) is 0 Å². The van der Waals surface area contributed by atoms with Gasteiger partial charge in [0, 0.05) is 17.1 Å². The first-order chi connectivity index (χ1) is 8.90. The number of nitrogens with one attached hydrogen (secondary N) is 1.